The molecule has 1 aromatic carbocycles. The third-order valence-electron chi connectivity index (χ3n) is 4.17. The van der Waals surface area contributed by atoms with Crippen LogP contribution < -0.4 is 5.32 Å². The van der Waals surface area contributed by atoms with Gasteiger partial charge >= 0.3 is 12.1 Å². The fraction of sp³-hybridized carbons (Fsp3) is 0.350. The first-order chi connectivity index (χ1) is 13.0. The van der Waals surface area contributed by atoms with Crippen LogP contribution in [0.4, 0.5) is 19.0 Å². The Hall–Kier alpha value is -3.08. The molecule has 0 radical (unpaired) electrons. The van der Waals surface area contributed by atoms with Gasteiger partial charge in [-0.3, -0.25) is 4.79 Å². The normalized spacial score (nSPS) is 12.1. The first kappa shape index (κ1) is 21.2. The van der Waals surface area contributed by atoms with Crippen molar-refractivity contribution >= 4 is 11.8 Å². The summed E-state index contributed by atoms with van der Waals surface area (Å²) in [6, 6.07) is 3.49. The van der Waals surface area contributed by atoms with Crippen LogP contribution in [0, 0.1) is 25.7 Å². The standard InChI is InChI=1S/C20H20F3N3O2/c1-5-7-15-17(10-18(27)28)25-13(4)26-19(15)24-12(3)14-8-6-9-16(11(14)2)20(21,22)23/h6,8-9,12H,10H2,1-4H3,(H,27,28)(H,24,25,26)/t12-/m1/s1. The molecule has 148 valence electrons. The molecule has 5 nitrogen and oxygen atoms in total. The van der Waals surface area contributed by atoms with Gasteiger partial charge in [0, 0.05) is 0 Å². The minimum atomic E-state index is -4.45. The van der Waals surface area contributed by atoms with Crippen molar-refractivity contribution in [1.82, 2.24) is 9.97 Å². The summed E-state index contributed by atoms with van der Waals surface area (Å²) in [7, 11) is 0. The molecular weight excluding hydrogens is 371 g/mol. The predicted octanol–water partition coefficient (Wildman–Crippen LogP) is 4.28. The molecule has 0 saturated carbocycles. The highest BCUT2D eigenvalue weighted by atomic mass is 19.4. The number of alkyl halides is 3. The van der Waals surface area contributed by atoms with Crippen LogP contribution in [0.25, 0.3) is 0 Å². The summed E-state index contributed by atoms with van der Waals surface area (Å²) >= 11 is 0. The van der Waals surface area contributed by atoms with Gasteiger partial charge in [-0.2, -0.15) is 13.2 Å². The van der Waals surface area contributed by atoms with Gasteiger partial charge in [-0.05, 0) is 44.9 Å². The monoisotopic (exact) mass is 391 g/mol. The van der Waals surface area contributed by atoms with Crippen molar-refractivity contribution in [3.8, 4) is 11.8 Å². The lowest BCUT2D eigenvalue weighted by atomic mass is 9.97. The summed E-state index contributed by atoms with van der Waals surface area (Å²) in [5.41, 5.74) is 0.463. The van der Waals surface area contributed by atoms with Crippen LogP contribution in [0.5, 0.6) is 0 Å². The molecule has 0 aliphatic heterocycles. The van der Waals surface area contributed by atoms with Gasteiger partial charge in [0.1, 0.15) is 11.6 Å². The summed E-state index contributed by atoms with van der Waals surface area (Å²) in [4.78, 5) is 19.6. The van der Waals surface area contributed by atoms with Crippen LogP contribution >= 0.6 is 0 Å². The Labute approximate surface area is 161 Å². The van der Waals surface area contributed by atoms with Gasteiger partial charge in [0.05, 0.1) is 29.3 Å². The molecule has 0 bridgehead atoms. The van der Waals surface area contributed by atoms with Gasteiger partial charge in [0.15, 0.2) is 0 Å². The summed E-state index contributed by atoms with van der Waals surface area (Å²) in [5.74, 6) is 5.07. The second-order valence-electron chi connectivity index (χ2n) is 6.27. The maximum atomic E-state index is 13.2. The largest absolute Gasteiger partial charge is 0.481 e. The first-order valence-corrected chi connectivity index (χ1v) is 8.49. The molecule has 1 heterocycles. The number of carboxylic acids is 1. The molecule has 0 aliphatic rings. The second-order valence-corrected chi connectivity index (χ2v) is 6.27. The number of aryl methyl sites for hydroxylation is 1. The van der Waals surface area contributed by atoms with Gasteiger partial charge in [0.2, 0.25) is 0 Å². The lowest BCUT2D eigenvalue weighted by Gasteiger charge is -2.21. The number of carboxylic acid groups (broad SMARTS) is 1. The highest BCUT2D eigenvalue weighted by Crippen LogP contribution is 2.35. The molecule has 2 N–H and O–H groups in total. The van der Waals surface area contributed by atoms with Crippen molar-refractivity contribution in [1.29, 1.82) is 0 Å². The van der Waals surface area contributed by atoms with Crippen molar-refractivity contribution < 1.29 is 23.1 Å². The van der Waals surface area contributed by atoms with Crippen molar-refractivity contribution in [2.24, 2.45) is 0 Å². The van der Waals surface area contributed by atoms with Crippen molar-refractivity contribution in [3.63, 3.8) is 0 Å². The quantitative estimate of drug-likeness (QED) is 0.744. The zero-order valence-corrected chi connectivity index (χ0v) is 15.9. The Morgan fingerprint density at radius 2 is 1.96 bits per heavy atom. The van der Waals surface area contributed by atoms with Crippen LogP contribution in [0.2, 0.25) is 0 Å². The molecule has 28 heavy (non-hydrogen) atoms. The van der Waals surface area contributed by atoms with E-state index in [4.69, 9.17) is 5.11 Å². The lowest BCUT2D eigenvalue weighted by Crippen LogP contribution is -2.16. The molecule has 0 amide bonds. The van der Waals surface area contributed by atoms with E-state index in [0.717, 1.165) is 6.07 Å². The smallest absolute Gasteiger partial charge is 0.416 e. The number of nitrogens with one attached hydrogen (secondary N) is 1. The molecule has 2 rings (SSSR count). The molecule has 1 atom stereocenters. The Morgan fingerprint density at radius 1 is 1.29 bits per heavy atom. The number of carbonyl (C=O) groups is 1. The van der Waals surface area contributed by atoms with E-state index in [1.807, 2.05) is 0 Å². The molecule has 0 aliphatic carbocycles. The maximum Gasteiger partial charge on any atom is 0.416 e. The topological polar surface area (TPSA) is 75.1 Å². The van der Waals surface area contributed by atoms with E-state index < -0.39 is 23.8 Å². The van der Waals surface area contributed by atoms with Gasteiger partial charge in [-0.15, -0.1) is 5.92 Å². The highest BCUT2D eigenvalue weighted by Gasteiger charge is 2.33. The Bertz CT molecular complexity index is 960. The molecule has 0 unspecified atom stereocenters. The van der Waals surface area contributed by atoms with Crippen molar-refractivity contribution in [3.05, 3.63) is 52.0 Å². The Balaban J connectivity index is 2.49. The van der Waals surface area contributed by atoms with Gasteiger partial charge < -0.3 is 10.4 Å². The van der Waals surface area contributed by atoms with Crippen LogP contribution in [-0.4, -0.2) is 21.0 Å². The SMILES string of the molecule is CC#Cc1c(CC(=O)O)nc(C)nc1N[C@H](C)c1cccc(C(F)(F)F)c1C. The Morgan fingerprint density at radius 3 is 2.54 bits per heavy atom. The molecule has 0 spiro atoms. The zero-order valence-electron chi connectivity index (χ0n) is 15.9. The van der Waals surface area contributed by atoms with Crippen LogP contribution in [0.15, 0.2) is 18.2 Å². The lowest BCUT2D eigenvalue weighted by molar-refractivity contribution is -0.138. The molecule has 0 saturated heterocycles. The summed E-state index contributed by atoms with van der Waals surface area (Å²) in [5, 5.41) is 12.2. The van der Waals surface area contributed by atoms with E-state index in [1.165, 1.54) is 13.0 Å². The zero-order chi connectivity index (χ0) is 21.1. The summed E-state index contributed by atoms with van der Waals surface area (Å²) in [6.07, 6.45) is -4.78. The average molecular weight is 391 g/mol. The van der Waals surface area contributed by atoms with Gasteiger partial charge in [-0.1, -0.05) is 18.1 Å². The van der Waals surface area contributed by atoms with E-state index in [1.54, 1.807) is 26.8 Å². The van der Waals surface area contributed by atoms with Crippen molar-refractivity contribution in [2.75, 3.05) is 5.32 Å². The fourth-order valence-electron chi connectivity index (χ4n) is 2.98. The average Bonchev–Trinajstić information content (AvgIpc) is 2.56. The van der Waals surface area contributed by atoms with Crippen LogP contribution in [0.1, 0.15) is 53.7 Å². The van der Waals surface area contributed by atoms with E-state index in [9.17, 15) is 18.0 Å². The number of hydrogen-bond acceptors (Lipinski definition) is 4. The van der Waals surface area contributed by atoms with E-state index in [2.05, 4.69) is 27.1 Å². The molecule has 1 aromatic heterocycles. The fourth-order valence-corrected chi connectivity index (χ4v) is 2.98. The van der Waals surface area contributed by atoms with E-state index >= 15 is 0 Å². The third-order valence-corrected chi connectivity index (χ3v) is 4.17. The van der Waals surface area contributed by atoms with Crippen LogP contribution in [0.3, 0.4) is 0 Å². The summed E-state index contributed by atoms with van der Waals surface area (Å²) < 4.78 is 39.6. The van der Waals surface area contributed by atoms with E-state index in [0.29, 0.717) is 22.8 Å². The number of halogens is 3. The number of rotatable bonds is 5. The number of aromatic nitrogens is 2. The second kappa shape index (κ2) is 8.30. The molecule has 0 fully saturated rings. The van der Waals surface area contributed by atoms with Crippen LogP contribution in [-0.2, 0) is 17.4 Å². The highest BCUT2D eigenvalue weighted by molar-refractivity contribution is 5.72. The first-order valence-electron chi connectivity index (χ1n) is 8.49. The van der Waals surface area contributed by atoms with Crippen molar-refractivity contribution in [2.45, 2.75) is 46.3 Å². The third kappa shape index (κ3) is 4.80. The minimum absolute atomic E-state index is 0.120. The van der Waals surface area contributed by atoms with E-state index in [-0.39, 0.29) is 17.7 Å². The number of anilines is 1. The minimum Gasteiger partial charge on any atom is -0.481 e. The molecular formula is C20H20F3N3O2. The number of nitrogens with zero attached hydrogens (tertiary/aromatic N) is 2. The number of hydrogen-bond donors (Lipinski definition) is 2. The molecule has 8 heteroatoms. The predicted molar refractivity (Wildman–Crippen MR) is 98.9 cm³/mol. The van der Waals surface area contributed by atoms with Gasteiger partial charge in [-0.25, -0.2) is 9.97 Å². The van der Waals surface area contributed by atoms with Gasteiger partial charge in [0.25, 0.3) is 0 Å². The number of aliphatic carboxylic acids is 1. The Kier molecular flexibility index (Phi) is 6.29. The molecule has 2 aromatic rings. The summed E-state index contributed by atoms with van der Waals surface area (Å²) in [6.45, 7) is 6.33. The maximum absolute atomic E-state index is 13.2. The number of benzene rings is 1.